The smallest absolute Gasteiger partial charge is 0.306 e. The third-order valence-electron chi connectivity index (χ3n) is 6.65. The van der Waals surface area contributed by atoms with Crippen LogP contribution in [-0.2, 0) is 30.8 Å². The first-order valence-electron chi connectivity index (χ1n) is 12.8. The Balaban J connectivity index is 1.54. The number of carbonyl (C=O) groups excluding carboxylic acids is 1. The van der Waals surface area contributed by atoms with Crippen LogP contribution in [0.15, 0.2) is 83.8 Å². The van der Waals surface area contributed by atoms with Crippen molar-refractivity contribution in [3.05, 3.63) is 90.0 Å². The maximum Gasteiger partial charge on any atom is 0.306 e. The molecule has 0 spiro atoms. The lowest BCUT2D eigenvalue weighted by Gasteiger charge is -2.29. The zero-order valence-electron chi connectivity index (χ0n) is 21.7. The van der Waals surface area contributed by atoms with E-state index in [-0.39, 0.29) is 17.7 Å². The number of morpholine rings is 1. The zero-order chi connectivity index (χ0) is 27.8. The topological polar surface area (TPSA) is 125 Å². The Morgan fingerprint density at radius 3 is 2.21 bits per heavy atom. The number of anilines is 2. The summed E-state index contributed by atoms with van der Waals surface area (Å²) in [7, 11) is -4.10. The summed E-state index contributed by atoms with van der Waals surface area (Å²) < 4.78 is 34.2. The molecule has 1 fully saturated rings. The second-order valence-corrected chi connectivity index (χ2v) is 11.3. The van der Waals surface area contributed by atoms with E-state index >= 15 is 0 Å². The highest BCUT2D eigenvalue weighted by molar-refractivity contribution is 7.89. The fraction of sp³-hybridized carbons (Fsp3) is 0.310. The number of aliphatic carboxylic acids is 1. The highest BCUT2D eigenvalue weighted by atomic mass is 32.2. The number of hydrogen-bond acceptors (Lipinski definition) is 6. The van der Waals surface area contributed by atoms with Crippen molar-refractivity contribution in [1.82, 2.24) is 4.72 Å². The van der Waals surface area contributed by atoms with Crippen molar-refractivity contribution in [3.8, 4) is 0 Å². The van der Waals surface area contributed by atoms with Gasteiger partial charge in [0.05, 0.1) is 24.0 Å². The largest absolute Gasteiger partial charge is 0.481 e. The van der Waals surface area contributed by atoms with Crippen LogP contribution in [0.25, 0.3) is 0 Å². The number of carboxylic acids is 1. The summed E-state index contributed by atoms with van der Waals surface area (Å²) in [5.74, 6) is -2.74. The summed E-state index contributed by atoms with van der Waals surface area (Å²) in [6, 6.07) is 21.2. The van der Waals surface area contributed by atoms with E-state index < -0.39 is 33.9 Å². The molecule has 0 bridgehead atoms. The highest BCUT2D eigenvalue weighted by Gasteiger charge is 2.31. The molecule has 10 heteroatoms. The van der Waals surface area contributed by atoms with Gasteiger partial charge in [0, 0.05) is 24.5 Å². The number of nitrogens with zero attached hydrogens (tertiary/aromatic N) is 1. The van der Waals surface area contributed by atoms with Crippen LogP contribution in [0.3, 0.4) is 0 Å². The molecule has 1 amide bonds. The molecular weight excluding hydrogens is 518 g/mol. The Morgan fingerprint density at radius 2 is 1.59 bits per heavy atom. The Morgan fingerprint density at radius 1 is 0.949 bits per heavy atom. The maximum atomic E-state index is 13.4. The first-order valence-corrected chi connectivity index (χ1v) is 14.3. The molecule has 1 aliphatic heterocycles. The fourth-order valence-corrected chi connectivity index (χ4v) is 5.65. The normalized spacial score (nSPS) is 15.4. The van der Waals surface area contributed by atoms with Gasteiger partial charge in [-0.3, -0.25) is 9.59 Å². The molecule has 9 nitrogen and oxygen atoms in total. The van der Waals surface area contributed by atoms with Gasteiger partial charge in [-0.25, -0.2) is 8.42 Å². The van der Waals surface area contributed by atoms with Crippen LogP contribution in [0.1, 0.15) is 17.5 Å². The SMILES string of the molecule is Cc1ccc(S(=O)(=O)NC(C[C@H](Cc2ccccc2)C(=O)O)C(=O)Nc2ccc(N3CCOCC3)cc2)cc1. The number of hydrogen-bond donors (Lipinski definition) is 3. The van der Waals surface area contributed by atoms with Gasteiger partial charge < -0.3 is 20.1 Å². The van der Waals surface area contributed by atoms with E-state index in [4.69, 9.17) is 4.74 Å². The van der Waals surface area contributed by atoms with Crippen LogP contribution in [0, 0.1) is 12.8 Å². The van der Waals surface area contributed by atoms with Crippen LogP contribution in [0.5, 0.6) is 0 Å². The lowest BCUT2D eigenvalue weighted by Crippen LogP contribution is -2.45. The molecule has 0 radical (unpaired) electrons. The molecule has 3 aromatic carbocycles. The quantitative estimate of drug-likeness (QED) is 0.333. The lowest BCUT2D eigenvalue weighted by atomic mass is 9.92. The summed E-state index contributed by atoms with van der Waals surface area (Å²) in [4.78, 5) is 27.7. The second kappa shape index (κ2) is 12.9. The number of sulfonamides is 1. The molecular formula is C29H33N3O6S. The number of amides is 1. The molecule has 1 aliphatic rings. The molecule has 206 valence electrons. The minimum Gasteiger partial charge on any atom is -0.481 e. The van der Waals surface area contributed by atoms with Gasteiger partial charge in [-0.15, -0.1) is 0 Å². The average molecular weight is 552 g/mol. The number of benzene rings is 3. The van der Waals surface area contributed by atoms with Gasteiger partial charge in [-0.1, -0.05) is 48.0 Å². The summed E-state index contributed by atoms with van der Waals surface area (Å²) in [6.45, 7) is 4.68. The predicted molar refractivity (Wildman–Crippen MR) is 149 cm³/mol. The third-order valence-corrected chi connectivity index (χ3v) is 8.14. The molecule has 2 atom stereocenters. The van der Waals surface area contributed by atoms with Crippen molar-refractivity contribution in [1.29, 1.82) is 0 Å². The van der Waals surface area contributed by atoms with Gasteiger partial charge in [0.25, 0.3) is 0 Å². The second-order valence-electron chi connectivity index (χ2n) is 9.58. The summed E-state index contributed by atoms with van der Waals surface area (Å²) in [5, 5.41) is 12.7. The van der Waals surface area contributed by atoms with Crippen molar-refractivity contribution in [3.63, 3.8) is 0 Å². The number of carbonyl (C=O) groups is 2. The first-order chi connectivity index (χ1) is 18.7. The number of carboxylic acid groups (broad SMARTS) is 1. The van der Waals surface area contributed by atoms with E-state index in [1.165, 1.54) is 12.1 Å². The maximum absolute atomic E-state index is 13.4. The fourth-order valence-electron chi connectivity index (χ4n) is 4.44. The van der Waals surface area contributed by atoms with Gasteiger partial charge in [0.15, 0.2) is 0 Å². The van der Waals surface area contributed by atoms with Gasteiger partial charge in [-0.2, -0.15) is 4.72 Å². The van der Waals surface area contributed by atoms with Crippen LogP contribution >= 0.6 is 0 Å². The van der Waals surface area contributed by atoms with Gasteiger partial charge in [-0.05, 0) is 61.7 Å². The highest BCUT2D eigenvalue weighted by Crippen LogP contribution is 2.22. The Kier molecular flexibility index (Phi) is 9.34. The lowest BCUT2D eigenvalue weighted by molar-refractivity contribution is -0.142. The van der Waals surface area contributed by atoms with Crippen LogP contribution in [0.4, 0.5) is 11.4 Å². The zero-order valence-corrected chi connectivity index (χ0v) is 22.6. The Labute approximate surface area is 228 Å². The molecule has 3 N–H and O–H groups in total. The van der Waals surface area contributed by atoms with Crippen LogP contribution < -0.4 is 14.9 Å². The number of aryl methyl sites for hydroxylation is 1. The minimum absolute atomic E-state index is 0.00398. The van der Waals surface area contributed by atoms with E-state index in [1.54, 1.807) is 48.5 Å². The van der Waals surface area contributed by atoms with E-state index in [2.05, 4.69) is 14.9 Å². The summed E-state index contributed by atoms with van der Waals surface area (Å²) >= 11 is 0. The number of ether oxygens (including phenoxy) is 1. The number of nitrogens with one attached hydrogen (secondary N) is 2. The van der Waals surface area contributed by atoms with E-state index in [9.17, 15) is 23.1 Å². The molecule has 1 unspecified atom stereocenters. The van der Waals surface area contributed by atoms with Crippen molar-refractivity contribution in [2.45, 2.75) is 30.7 Å². The monoisotopic (exact) mass is 551 g/mol. The van der Waals surface area contributed by atoms with Crippen LogP contribution in [-0.4, -0.2) is 57.7 Å². The van der Waals surface area contributed by atoms with Crippen molar-refractivity contribution in [2.75, 3.05) is 36.5 Å². The average Bonchev–Trinajstić information content (AvgIpc) is 2.94. The predicted octanol–water partition coefficient (Wildman–Crippen LogP) is 3.45. The van der Waals surface area contributed by atoms with Crippen molar-refractivity contribution < 1.29 is 27.9 Å². The third kappa shape index (κ3) is 7.89. The van der Waals surface area contributed by atoms with E-state index in [0.717, 1.165) is 29.9 Å². The van der Waals surface area contributed by atoms with Crippen molar-refractivity contribution in [2.24, 2.45) is 5.92 Å². The first kappa shape index (κ1) is 28.3. The Bertz CT molecular complexity index is 1360. The molecule has 39 heavy (non-hydrogen) atoms. The number of rotatable bonds is 11. The molecule has 4 rings (SSSR count). The minimum atomic E-state index is -4.10. The van der Waals surface area contributed by atoms with Crippen molar-refractivity contribution >= 4 is 33.3 Å². The standard InChI is InChI=1S/C29H33N3O6S/c1-21-7-13-26(14-8-21)39(36,37)31-27(20-23(29(34)35)19-22-5-3-2-4-6-22)28(33)30-24-9-11-25(12-10-24)32-15-17-38-18-16-32/h2-14,23,27,31H,15-20H2,1H3,(H,30,33)(H,34,35)/t23-,27?/m0/s1. The van der Waals surface area contributed by atoms with Gasteiger partial charge in [0.1, 0.15) is 6.04 Å². The molecule has 0 aliphatic carbocycles. The van der Waals surface area contributed by atoms with E-state index in [0.29, 0.717) is 18.9 Å². The Hall–Kier alpha value is -3.73. The summed E-state index contributed by atoms with van der Waals surface area (Å²) in [6.07, 6.45) is -0.0759. The van der Waals surface area contributed by atoms with Crippen LogP contribution in [0.2, 0.25) is 0 Å². The van der Waals surface area contributed by atoms with Gasteiger partial charge >= 0.3 is 5.97 Å². The molecule has 3 aromatic rings. The molecule has 0 saturated carbocycles. The molecule has 0 aromatic heterocycles. The van der Waals surface area contributed by atoms with E-state index in [1.807, 2.05) is 25.1 Å². The molecule has 1 heterocycles. The van der Waals surface area contributed by atoms with Gasteiger partial charge in [0.2, 0.25) is 15.9 Å². The molecule has 1 saturated heterocycles. The summed E-state index contributed by atoms with van der Waals surface area (Å²) in [5.41, 5.74) is 3.13.